The van der Waals surface area contributed by atoms with Crippen molar-refractivity contribution >= 4 is 11.8 Å². The van der Waals surface area contributed by atoms with Gasteiger partial charge in [-0.2, -0.15) is 0 Å². The van der Waals surface area contributed by atoms with Gasteiger partial charge in [-0.15, -0.1) is 0 Å². The maximum absolute atomic E-state index is 12.3. The third-order valence-electron chi connectivity index (χ3n) is 4.80. The zero-order chi connectivity index (χ0) is 20.1. The lowest BCUT2D eigenvalue weighted by Crippen LogP contribution is -2.46. The number of pyridine rings is 1. The van der Waals surface area contributed by atoms with Gasteiger partial charge in [0.15, 0.2) is 0 Å². The molecule has 0 aliphatic carbocycles. The number of hydrogen-bond donors (Lipinski definition) is 1. The highest BCUT2D eigenvalue weighted by Crippen LogP contribution is 2.23. The summed E-state index contributed by atoms with van der Waals surface area (Å²) in [5.74, 6) is -0.310. The number of carbonyl (C=O) groups excluding carboxylic acids is 2. The molecule has 3 rings (SSSR count). The summed E-state index contributed by atoms with van der Waals surface area (Å²) < 4.78 is 5.90. The molecule has 0 saturated carbocycles. The molecule has 0 bridgehead atoms. The summed E-state index contributed by atoms with van der Waals surface area (Å²) in [6, 6.07) is 12.7. The van der Waals surface area contributed by atoms with E-state index in [9.17, 15) is 9.59 Å². The second-order valence-corrected chi connectivity index (χ2v) is 7.31. The van der Waals surface area contributed by atoms with Crippen LogP contribution in [0.1, 0.15) is 41.1 Å². The molecule has 1 aliphatic rings. The standard InChI is InChI=1S/C22H27N3O3/c1-15-4-6-18(7-5-15)11-19-10-16(2)24-20(12-19)21-14-25(8-9-28-21)22(27)13-23-17(3)26/h4-7,10,12,21H,8-9,11,13-14H2,1-3H3,(H,23,26). The normalized spacial score (nSPS) is 16.7. The van der Waals surface area contributed by atoms with Crippen LogP contribution in [0.15, 0.2) is 36.4 Å². The number of benzene rings is 1. The van der Waals surface area contributed by atoms with Gasteiger partial charge in [-0.3, -0.25) is 14.6 Å². The van der Waals surface area contributed by atoms with Crippen LogP contribution < -0.4 is 5.32 Å². The summed E-state index contributed by atoms with van der Waals surface area (Å²) in [4.78, 5) is 29.7. The van der Waals surface area contributed by atoms with E-state index in [-0.39, 0.29) is 24.5 Å². The van der Waals surface area contributed by atoms with Gasteiger partial charge in [0.25, 0.3) is 0 Å². The third kappa shape index (κ3) is 5.39. The Labute approximate surface area is 165 Å². The highest BCUT2D eigenvalue weighted by molar-refractivity contribution is 5.83. The van der Waals surface area contributed by atoms with Crippen molar-refractivity contribution in [1.29, 1.82) is 0 Å². The molecule has 1 N–H and O–H groups in total. The van der Waals surface area contributed by atoms with Crippen molar-refractivity contribution in [3.8, 4) is 0 Å². The summed E-state index contributed by atoms with van der Waals surface area (Å²) in [5.41, 5.74) is 5.45. The molecule has 6 heteroatoms. The van der Waals surface area contributed by atoms with Gasteiger partial charge in [0.2, 0.25) is 11.8 Å². The van der Waals surface area contributed by atoms with E-state index < -0.39 is 0 Å². The van der Waals surface area contributed by atoms with Gasteiger partial charge in [-0.1, -0.05) is 29.8 Å². The monoisotopic (exact) mass is 381 g/mol. The molecular weight excluding hydrogens is 354 g/mol. The molecule has 1 fully saturated rings. The molecule has 2 aromatic rings. The lowest BCUT2D eigenvalue weighted by molar-refractivity contribution is -0.139. The number of ether oxygens (including phenoxy) is 1. The summed E-state index contributed by atoms with van der Waals surface area (Å²) in [6.07, 6.45) is 0.570. The minimum Gasteiger partial charge on any atom is -0.368 e. The molecule has 0 spiro atoms. The van der Waals surface area contributed by atoms with Crippen LogP contribution in [0.25, 0.3) is 0 Å². The Kier molecular flexibility index (Phi) is 6.41. The molecule has 28 heavy (non-hydrogen) atoms. The molecule has 6 nitrogen and oxygen atoms in total. The molecule has 1 aromatic heterocycles. The fraction of sp³-hybridized carbons (Fsp3) is 0.409. The second kappa shape index (κ2) is 8.97. The van der Waals surface area contributed by atoms with Crippen LogP contribution in [0.4, 0.5) is 0 Å². The number of hydrogen-bond acceptors (Lipinski definition) is 4. The maximum atomic E-state index is 12.3. The smallest absolute Gasteiger partial charge is 0.242 e. The summed E-state index contributed by atoms with van der Waals surface area (Å²) in [5, 5.41) is 2.56. The first-order valence-electron chi connectivity index (χ1n) is 9.57. The Hall–Kier alpha value is -2.73. The van der Waals surface area contributed by atoms with Crippen LogP contribution in [-0.2, 0) is 20.7 Å². The van der Waals surface area contributed by atoms with Crippen LogP contribution in [-0.4, -0.2) is 47.9 Å². The molecule has 148 valence electrons. The molecule has 0 radical (unpaired) electrons. The van der Waals surface area contributed by atoms with E-state index in [0.717, 1.165) is 17.8 Å². The number of carbonyl (C=O) groups is 2. The van der Waals surface area contributed by atoms with Crippen LogP contribution >= 0.6 is 0 Å². The number of aromatic nitrogens is 1. The average molecular weight is 381 g/mol. The van der Waals surface area contributed by atoms with Crippen molar-refractivity contribution < 1.29 is 14.3 Å². The molecule has 1 saturated heterocycles. The molecule has 2 amide bonds. The van der Waals surface area contributed by atoms with Gasteiger partial charge < -0.3 is 15.0 Å². The zero-order valence-corrected chi connectivity index (χ0v) is 16.7. The van der Waals surface area contributed by atoms with Gasteiger partial charge in [0.05, 0.1) is 25.4 Å². The summed E-state index contributed by atoms with van der Waals surface area (Å²) in [6.45, 7) is 6.90. The lowest BCUT2D eigenvalue weighted by atomic mass is 10.0. The van der Waals surface area contributed by atoms with Crippen LogP contribution in [0.5, 0.6) is 0 Å². The van der Waals surface area contributed by atoms with Crippen molar-refractivity contribution in [2.24, 2.45) is 0 Å². The minimum absolute atomic E-state index is 0.0158. The van der Waals surface area contributed by atoms with Crippen molar-refractivity contribution in [3.05, 3.63) is 64.5 Å². The van der Waals surface area contributed by atoms with Crippen molar-refractivity contribution in [2.45, 2.75) is 33.3 Å². The Morgan fingerprint density at radius 2 is 1.93 bits per heavy atom. The maximum Gasteiger partial charge on any atom is 0.242 e. The van der Waals surface area contributed by atoms with Crippen LogP contribution in [0.3, 0.4) is 0 Å². The van der Waals surface area contributed by atoms with Crippen molar-refractivity contribution in [2.75, 3.05) is 26.2 Å². The minimum atomic E-state index is -0.258. The number of amides is 2. The molecule has 1 aromatic carbocycles. The molecule has 1 aliphatic heterocycles. The van der Waals surface area contributed by atoms with E-state index in [1.165, 1.54) is 23.6 Å². The van der Waals surface area contributed by atoms with Gasteiger partial charge in [-0.05, 0) is 43.5 Å². The van der Waals surface area contributed by atoms with Gasteiger partial charge >= 0.3 is 0 Å². The topological polar surface area (TPSA) is 71.5 Å². The predicted molar refractivity (Wildman–Crippen MR) is 107 cm³/mol. The van der Waals surface area contributed by atoms with E-state index >= 15 is 0 Å². The quantitative estimate of drug-likeness (QED) is 0.863. The predicted octanol–water partition coefficient (Wildman–Crippen LogP) is 2.33. The number of rotatable bonds is 5. The Bertz CT molecular complexity index is 849. The number of aryl methyl sites for hydroxylation is 2. The van der Waals surface area contributed by atoms with Gasteiger partial charge in [0, 0.05) is 19.2 Å². The number of nitrogens with zero attached hydrogens (tertiary/aromatic N) is 2. The van der Waals surface area contributed by atoms with Gasteiger partial charge in [-0.25, -0.2) is 0 Å². The average Bonchev–Trinajstić information content (AvgIpc) is 2.67. The van der Waals surface area contributed by atoms with Crippen LogP contribution in [0, 0.1) is 13.8 Å². The molecule has 1 unspecified atom stereocenters. The van der Waals surface area contributed by atoms with Gasteiger partial charge in [0.1, 0.15) is 6.10 Å². The van der Waals surface area contributed by atoms with E-state index in [2.05, 4.69) is 53.6 Å². The van der Waals surface area contributed by atoms with Crippen LogP contribution in [0.2, 0.25) is 0 Å². The number of nitrogens with one attached hydrogen (secondary N) is 1. The first kappa shape index (κ1) is 20.0. The Morgan fingerprint density at radius 1 is 1.18 bits per heavy atom. The zero-order valence-electron chi connectivity index (χ0n) is 16.7. The SMILES string of the molecule is CC(=O)NCC(=O)N1CCOC(c2cc(Cc3ccc(C)cc3)cc(C)n2)C1. The summed E-state index contributed by atoms with van der Waals surface area (Å²) in [7, 11) is 0. The molecule has 2 heterocycles. The lowest BCUT2D eigenvalue weighted by Gasteiger charge is -2.33. The molecule has 1 atom stereocenters. The van der Waals surface area contributed by atoms with E-state index in [4.69, 9.17) is 4.74 Å². The van der Waals surface area contributed by atoms with E-state index in [1.807, 2.05) is 6.92 Å². The third-order valence-corrected chi connectivity index (χ3v) is 4.80. The fourth-order valence-electron chi connectivity index (χ4n) is 3.34. The first-order chi connectivity index (χ1) is 13.4. The van der Waals surface area contributed by atoms with Crippen molar-refractivity contribution in [3.63, 3.8) is 0 Å². The first-order valence-corrected chi connectivity index (χ1v) is 9.57. The highest BCUT2D eigenvalue weighted by Gasteiger charge is 2.26. The Morgan fingerprint density at radius 3 is 2.64 bits per heavy atom. The second-order valence-electron chi connectivity index (χ2n) is 7.31. The largest absolute Gasteiger partial charge is 0.368 e. The van der Waals surface area contributed by atoms with Crippen molar-refractivity contribution in [1.82, 2.24) is 15.2 Å². The molecular formula is C22H27N3O3. The van der Waals surface area contributed by atoms with E-state index in [0.29, 0.717) is 19.7 Å². The fourth-order valence-corrected chi connectivity index (χ4v) is 3.34. The highest BCUT2D eigenvalue weighted by atomic mass is 16.5. The summed E-state index contributed by atoms with van der Waals surface area (Å²) >= 11 is 0. The van der Waals surface area contributed by atoms with E-state index in [1.54, 1.807) is 4.90 Å². The number of morpholine rings is 1. The Balaban J connectivity index is 1.71.